The van der Waals surface area contributed by atoms with E-state index < -0.39 is 0 Å². The van der Waals surface area contributed by atoms with Crippen LogP contribution in [0.15, 0.2) is 48.5 Å². The Labute approximate surface area is 154 Å². The highest BCUT2D eigenvalue weighted by molar-refractivity contribution is 5.92. The summed E-state index contributed by atoms with van der Waals surface area (Å²) < 4.78 is 16.3. The summed E-state index contributed by atoms with van der Waals surface area (Å²) in [5.74, 6) is 2.12. The van der Waals surface area contributed by atoms with Crippen LogP contribution in [0.5, 0.6) is 17.2 Å². The van der Waals surface area contributed by atoms with Crippen LogP contribution in [0.4, 0.5) is 0 Å². The van der Waals surface area contributed by atoms with Crippen molar-refractivity contribution in [3.63, 3.8) is 0 Å². The molecule has 2 aromatic rings. The van der Waals surface area contributed by atoms with E-state index >= 15 is 0 Å². The molecule has 0 unspecified atom stereocenters. The molecule has 0 heterocycles. The monoisotopic (exact) mass is 355 g/mol. The summed E-state index contributed by atoms with van der Waals surface area (Å²) in [5, 5.41) is 0. The summed E-state index contributed by atoms with van der Waals surface area (Å²) in [6.07, 6.45) is 3.24. The zero-order valence-corrected chi connectivity index (χ0v) is 15.7. The van der Waals surface area contributed by atoms with E-state index in [0.29, 0.717) is 24.7 Å². The number of carbonyl (C=O) groups excluding carboxylic acids is 1. The fraction of sp³-hybridized carbons (Fsp3) is 0.286. The van der Waals surface area contributed by atoms with Crippen molar-refractivity contribution in [3.8, 4) is 17.2 Å². The molecule has 2 rings (SSSR count). The number of nitrogens with zero attached hydrogens (tertiary/aromatic N) is 1. The molecule has 0 aromatic heterocycles. The Hall–Kier alpha value is -2.95. The number of para-hydroxylation sites is 1. The van der Waals surface area contributed by atoms with Crippen LogP contribution in [0, 0.1) is 6.92 Å². The minimum absolute atomic E-state index is 0.108. The predicted octanol–water partition coefficient (Wildman–Crippen LogP) is 3.56. The van der Waals surface area contributed by atoms with Gasteiger partial charge in [-0.3, -0.25) is 4.79 Å². The largest absolute Gasteiger partial charge is 0.497 e. The Morgan fingerprint density at radius 2 is 1.85 bits per heavy atom. The molecule has 0 spiro atoms. The topological polar surface area (TPSA) is 48.0 Å². The SMILES string of the molecule is COc1ccc(OC)c(/C=C/C(=O)N(C)CCOc2ccccc2C)c1. The highest BCUT2D eigenvalue weighted by atomic mass is 16.5. The van der Waals surface area contributed by atoms with Crippen LogP contribution in [0.3, 0.4) is 0 Å². The first kappa shape index (κ1) is 19.4. The minimum atomic E-state index is -0.108. The zero-order chi connectivity index (χ0) is 18.9. The van der Waals surface area contributed by atoms with E-state index in [2.05, 4.69) is 0 Å². The number of hydrogen-bond donors (Lipinski definition) is 0. The molecule has 0 aliphatic rings. The van der Waals surface area contributed by atoms with E-state index in [-0.39, 0.29) is 5.91 Å². The quantitative estimate of drug-likeness (QED) is 0.679. The molecular formula is C21H25NO4. The van der Waals surface area contributed by atoms with Crippen LogP contribution in [0.2, 0.25) is 0 Å². The predicted molar refractivity (Wildman–Crippen MR) is 103 cm³/mol. The molecule has 0 aliphatic heterocycles. The van der Waals surface area contributed by atoms with Crippen molar-refractivity contribution in [1.29, 1.82) is 0 Å². The number of carbonyl (C=O) groups is 1. The Morgan fingerprint density at radius 3 is 2.54 bits per heavy atom. The van der Waals surface area contributed by atoms with E-state index in [0.717, 1.165) is 16.9 Å². The van der Waals surface area contributed by atoms with Gasteiger partial charge in [-0.05, 0) is 42.8 Å². The van der Waals surface area contributed by atoms with Gasteiger partial charge >= 0.3 is 0 Å². The third-order valence-electron chi connectivity index (χ3n) is 4.00. The first-order chi connectivity index (χ1) is 12.5. The number of likely N-dealkylation sites (N-methyl/N-ethyl adjacent to an activating group) is 1. The number of amides is 1. The lowest BCUT2D eigenvalue weighted by Crippen LogP contribution is -2.29. The van der Waals surface area contributed by atoms with Gasteiger partial charge < -0.3 is 19.1 Å². The molecule has 5 heteroatoms. The van der Waals surface area contributed by atoms with E-state index in [1.165, 1.54) is 6.08 Å². The van der Waals surface area contributed by atoms with Crippen molar-refractivity contribution in [1.82, 2.24) is 4.90 Å². The summed E-state index contributed by atoms with van der Waals surface area (Å²) in [4.78, 5) is 13.9. The number of ether oxygens (including phenoxy) is 3. The Balaban J connectivity index is 1.92. The molecule has 0 radical (unpaired) electrons. The molecule has 0 N–H and O–H groups in total. The maximum Gasteiger partial charge on any atom is 0.246 e. The molecule has 0 aliphatic carbocycles. The number of benzene rings is 2. The molecule has 5 nitrogen and oxygen atoms in total. The van der Waals surface area contributed by atoms with Gasteiger partial charge in [-0.2, -0.15) is 0 Å². The van der Waals surface area contributed by atoms with Crippen molar-refractivity contribution >= 4 is 12.0 Å². The lowest BCUT2D eigenvalue weighted by molar-refractivity contribution is -0.125. The van der Waals surface area contributed by atoms with Gasteiger partial charge in [-0.15, -0.1) is 0 Å². The summed E-state index contributed by atoms with van der Waals surface area (Å²) in [5.41, 5.74) is 1.86. The third-order valence-corrected chi connectivity index (χ3v) is 4.00. The van der Waals surface area contributed by atoms with Gasteiger partial charge in [0.1, 0.15) is 23.9 Å². The maximum atomic E-state index is 12.3. The van der Waals surface area contributed by atoms with Gasteiger partial charge in [0.05, 0.1) is 20.8 Å². The van der Waals surface area contributed by atoms with Crippen molar-refractivity contribution in [3.05, 3.63) is 59.7 Å². The average molecular weight is 355 g/mol. The minimum Gasteiger partial charge on any atom is -0.497 e. The first-order valence-electron chi connectivity index (χ1n) is 8.38. The molecule has 0 fully saturated rings. The molecule has 0 saturated heterocycles. The fourth-order valence-corrected chi connectivity index (χ4v) is 2.38. The lowest BCUT2D eigenvalue weighted by atomic mass is 10.1. The second-order valence-corrected chi connectivity index (χ2v) is 5.81. The molecular weight excluding hydrogens is 330 g/mol. The van der Waals surface area contributed by atoms with E-state index in [1.54, 1.807) is 32.2 Å². The van der Waals surface area contributed by atoms with Crippen molar-refractivity contribution in [2.45, 2.75) is 6.92 Å². The molecule has 26 heavy (non-hydrogen) atoms. The van der Waals surface area contributed by atoms with Crippen LogP contribution in [-0.4, -0.2) is 45.2 Å². The summed E-state index contributed by atoms with van der Waals surface area (Å²) in [6.45, 7) is 2.92. The molecule has 138 valence electrons. The Kier molecular flexibility index (Phi) is 7.09. The highest BCUT2D eigenvalue weighted by Crippen LogP contribution is 2.25. The number of methoxy groups -OCH3 is 2. The third kappa shape index (κ3) is 5.28. The standard InChI is InChI=1S/C21H25NO4/c1-16-7-5-6-8-19(16)26-14-13-22(2)21(23)12-9-17-15-18(24-3)10-11-20(17)25-4/h5-12,15H,13-14H2,1-4H3/b12-9+. The normalized spacial score (nSPS) is 10.6. The maximum absolute atomic E-state index is 12.3. The summed E-state index contributed by atoms with van der Waals surface area (Å²) in [7, 11) is 4.94. The van der Waals surface area contributed by atoms with Gasteiger partial charge in [-0.1, -0.05) is 18.2 Å². The van der Waals surface area contributed by atoms with Gasteiger partial charge in [-0.25, -0.2) is 0 Å². The number of aryl methyl sites for hydroxylation is 1. The average Bonchev–Trinajstić information content (AvgIpc) is 2.67. The van der Waals surface area contributed by atoms with Crippen LogP contribution in [0.1, 0.15) is 11.1 Å². The summed E-state index contributed by atoms with van der Waals surface area (Å²) >= 11 is 0. The smallest absolute Gasteiger partial charge is 0.246 e. The second-order valence-electron chi connectivity index (χ2n) is 5.81. The van der Waals surface area contributed by atoms with Crippen molar-refractivity contribution in [2.75, 3.05) is 34.4 Å². The fourth-order valence-electron chi connectivity index (χ4n) is 2.38. The van der Waals surface area contributed by atoms with Crippen molar-refractivity contribution < 1.29 is 19.0 Å². The zero-order valence-electron chi connectivity index (χ0n) is 15.7. The molecule has 0 saturated carbocycles. The summed E-state index contributed by atoms with van der Waals surface area (Å²) in [6, 6.07) is 13.3. The van der Waals surface area contributed by atoms with E-state index in [9.17, 15) is 4.79 Å². The lowest BCUT2D eigenvalue weighted by Gasteiger charge is -2.16. The molecule has 0 atom stereocenters. The van der Waals surface area contributed by atoms with Gasteiger partial charge in [0.2, 0.25) is 5.91 Å². The van der Waals surface area contributed by atoms with Crippen LogP contribution in [0.25, 0.3) is 6.08 Å². The van der Waals surface area contributed by atoms with E-state index in [1.807, 2.05) is 49.4 Å². The van der Waals surface area contributed by atoms with E-state index in [4.69, 9.17) is 14.2 Å². The van der Waals surface area contributed by atoms with Crippen LogP contribution >= 0.6 is 0 Å². The van der Waals surface area contributed by atoms with Gasteiger partial charge in [0, 0.05) is 18.7 Å². The van der Waals surface area contributed by atoms with Crippen LogP contribution in [-0.2, 0) is 4.79 Å². The van der Waals surface area contributed by atoms with Crippen molar-refractivity contribution in [2.24, 2.45) is 0 Å². The van der Waals surface area contributed by atoms with Crippen LogP contribution < -0.4 is 14.2 Å². The highest BCUT2D eigenvalue weighted by Gasteiger charge is 2.07. The first-order valence-corrected chi connectivity index (χ1v) is 8.38. The number of hydrogen-bond acceptors (Lipinski definition) is 4. The number of rotatable bonds is 8. The van der Waals surface area contributed by atoms with Gasteiger partial charge in [0.15, 0.2) is 0 Å². The van der Waals surface area contributed by atoms with Gasteiger partial charge in [0.25, 0.3) is 0 Å². The molecule has 2 aromatic carbocycles. The molecule has 0 bridgehead atoms. The Bertz CT molecular complexity index is 770. The molecule has 1 amide bonds. The second kappa shape index (κ2) is 9.51. The Morgan fingerprint density at radius 1 is 1.08 bits per heavy atom.